The number of nitrogens with two attached hydrogens (primary N) is 1. The second-order valence-corrected chi connectivity index (χ2v) is 7.96. The number of ether oxygens (including phenoxy) is 1. The number of carbonyl (C=O) groups is 3. The van der Waals surface area contributed by atoms with Gasteiger partial charge < -0.3 is 15.8 Å². The van der Waals surface area contributed by atoms with Crippen LogP contribution in [0.5, 0.6) is 0 Å². The Balaban J connectivity index is 1.55. The van der Waals surface area contributed by atoms with Gasteiger partial charge in [-0.15, -0.1) is 11.3 Å². The zero-order valence-corrected chi connectivity index (χ0v) is 16.2. The van der Waals surface area contributed by atoms with Gasteiger partial charge in [-0.05, 0) is 42.5 Å². The van der Waals surface area contributed by atoms with Gasteiger partial charge in [0.15, 0.2) is 6.61 Å². The molecular weight excluding hydrogens is 420 g/mol. The molecule has 2 amide bonds. The molecule has 3 rings (SSSR count). The largest absolute Gasteiger partial charge is 0.455 e. The van der Waals surface area contributed by atoms with Gasteiger partial charge in [-0.25, -0.2) is 0 Å². The molecule has 1 aromatic heterocycles. The maximum Gasteiger partial charge on any atom is 0.310 e. The molecule has 0 saturated heterocycles. The van der Waals surface area contributed by atoms with Crippen molar-refractivity contribution in [1.29, 1.82) is 0 Å². The van der Waals surface area contributed by atoms with Crippen LogP contribution in [0.1, 0.15) is 32.8 Å². The minimum absolute atomic E-state index is 0.0837. The predicted molar refractivity (Wildman–Crippen MR) is 102 cm³/mol. The third-order valence-corrected chi connectivity index (χ3v) is 5.78. The number of halogens is 1. The van der Waals surface area contributed by atoms with Gasteiger partial charge in [0, 0.05) is 9.35 Å². The van der Waals surface area contributed by atoms with Crippen molar-refractivity contribution in [2.24, 2.45) is 5.73 Å². The number of amides is 2. The minimum Gasteiger partial charge on any atom is -0.455 e. The SMILES string of the molecule is NC(=O)c1c(NC(=O)COC(=O)Cc2ccc(Br)cc2)sc2c1CCC2. The van der Waals surface area contributed by atoms with E-state index in [4.69, 9.17) is 10.5 Å². The van der Waals surface area contributed by atoms with Gasteiger partial charge >= 0.3 is 5.97 Å². The van der Waals surface area contributed by atoms with Crippen LogP contribution in [0.4, 0.5) is 5.00 Å². The number of primary amides is 1. The molecular formula is C18H17BrN2O4S. The van der Waals surface area contributed by atoms with Crippen LogP contribution in [0.15, 0.2) is 28.7 Å². The highest BCUT2D eigenvalue weighted by molar-refractivity contribution is 9.10. The van der Waals surface area contributed by atoms with Crippen LogP contribution in [0.2, 0.25) is 0 Å². The van der Waals surface area contributed by atoms with E-state index >= 15 is 0 Å². The molecule has 0 unspecified atom stereocenters. The number of hydrogen-bond donors (Lipinski definition) is 2. The molecule has 6 nitrogen and oxygen atoms in total. The third-order valence-electron chi connectivity index (χ3n) is 4.05. The first-order valence-corrected chi connectivity index (χ1v) is 9.69. The van der Waals surface area contributed by atoms with E-state index in [-0.39, 0.29) is 6.42 Å². The average molecular weight is 437 g/mol. The highest BCUT2D eigenvalue weighted by Crippen LogP contribution is 2.38. The molecule has 0 spiro atoms. The molecule has 1 heterocycles. The monoisotopic (exact) mass is 436 g/mol. The number of fused-ring (bicyclic) bond motifs is 1. The van der Waals surface area contributed by atoms with E-state index in [0.29, 0.717) is 10.6 Å². The number of anilines is 1. The lowest BCUT2D eigenvalue weighted by molar-refractivity contribution is -0.146. The summed E-state index contributed by atoms with van der Waals surface area (Å²) < 4.78 is 5.93. The fraction of sp³-hybridized carbons (Fsp3) is 0.278. The maximum atomic E-state index is 12.1. The smallest absolute Gasteiger partial charge is 0.310 e. The van der Waals surface area contributed by atoms with E-state index in [1.165, 1.54) is 11.3 Å². The highest BCUT2D eigenvalue weighted by atomic mass is 79.9. The van der Waals surface area contributed by atoms with Crippen LogP contribution in [0.3, 0.4) is 0 Å². The number of nitrogens with one attached hydrogen (secondary N) is 1. The Kier molecular flexibility index (Phi) is 5.73. The maximum absolute atomic E-state index is 12.1. The van der Waals surface area contributed by atoms with Crippen molar-refractivity contribution in [3.63, 3.8) is 0 Å². The van der Waals surface area contributed by atoms with Crippen molar-refractivity contribution in [3.8, 4) is 0 Å². The van der Waals surface area contributed by atoms with Gasteiger partial charge in [0.05, 0.1) is 12.0 Å². The van der Waals surface area contributed by atoms with Crippen molar-refractivity contribution in [3.05, 3.63) is 50.3 Å². The third kappa shape index (κ3) is 4.31. The summed E-state index contributed by atoms with van der Waals surface area (Å²) in [7, 11) is 0. The minimum atomic E-state index is -0.549. The first kappa shape index (κ1) is 18.6. The van der Waals surface area contributed by atoms with Crippen LogP contribution < -0.4 is 11.1 Å². The first-order chi connectivity index (χ1) is 12.4. The molecule has 2 aromatic rings. The lowest BCUT2D eigenvalue weighted by Gasteiger charge is -2.07. The number of aryl methyl sites for hydroxylation is 1. The van der Waals surface area contributed by atoms with E-state index in [1.807, 2.05) is 12.1 Å². The van der Waals surface area contributed by atoms with E-state index in [1.54, 1.807) is 12.1 Å². The number of benzene rings is 1. The summed E-state index contributed by atoms with van der Waals surface area (Å²) in [6.45, 7) is -0.407. The molecule has 1 aromatic carbocycles. The van der Waals surface area contributed by atoms with Gasteiger partial charge in [-0.2, -0.15) is 0 Å². The van der Waals surface area contributed by atoms with Crippen LogP contribution in [0.25, 0.3) is 0 Å². The predicted octanol–water partition coefficient (Wildman–Crippen LogP) is 2.82. The number of rotatable bonds is 6. The van der Waals surface area contributed by atoms with E-state index < -0.39 is 24.4 Å². The molecule has 0 aliphatic heterocycles. The summed E-state index contributed by atoms with van der Waals surface area (Å²) in [6.07, 6.45) is 2.75. The summed E-state index contributed by atoms with van der Waals surface area (Å²) in [5, 5.41) is 3.08. The molecule has 0 bridgehead atoms. The molecule has 0 atom stereocenters. The molecule has 1 aliphatic carbocycles. The second kappa shape index (κ2) is 8.01. The lowest BCUT2D eigenvalue weighted by atomic mass is 10.1. The van der Waals surface area contributed by atoms with E-state index in [0.717, 1.165) is 39.7 Å². The van der Waals surface area contributed by atoms with Crippen molar-refractivity contribution < 1.29 is 19.1 Å². The van der Waals surface area contributed by atoms with Crippen molar-refractivity contribution >= 4 is 50.1 Å². The molecule has 1 aliphatic rings. The van der Waals surface area contributed by atoms with Gasteiger partial charge in [0.1, 0.15) is 5.00 Å². The number of carbonyl (C=O) groups excluding carboxylic acids is 3. The fourth-order valence-electron chi connectivity index (χ4n) is 2.88. The number of hydrogen-bond acceptors (Lipinski definition) is 5. The van der Waals surface area contributed by atoms with Gasteiger partial charge in [0.2, 0.25) is 0 Å². The normalized spacial score (nSPS) is 12.5. The summed E-state index contributed by atoms with van der Waals surface area (Å²) in [6, 6.07) is 7.27. The van der Waals surface area contributed by atoms with Crippen LogP contribution in [-0.4, -0.2) is 24.4 Å². The van der Waals surface area contributed by atoms with Crippen LogP contribution >= 0.6 is 27.3 Å². The molecule has 3 N–H and O–H groups in total. The van der Waals surface area contributed by atoms with Crippen molar-refractivity contribution in [2.75, 3.05) is 11.9 Å². The van der Waals surface area contributed by atoms with Crippen LogP contribution in [0, 0.1) is 0 Å². The molecule has 0 radical (unpaired) electrons. The van der Waals surface area contributed by atoms with E-state index in [2.05, 4.69) is 21.2 Å². The Morgan fingerprint density at radius 1 is 1.19 bits per heavy atom. The molecule has 0 saturated carbocycles. The Morgan fingerprint density at radius 3 is 2.62 bits per heavy atom. The number of esters is 1. The lowest BCUT2D eigenvalue weighted by Crippen LogP contribution is -2.23. The summed E-state index contributed by atoms with van der Waals surface area (Å²) in [4.78, 5) is 36.7. The highest BCUT2D eigenvalue weighted by Gasteiger charge is 2.26. The fourth-order valence-corrected chi connectivity index (χ4v) is 4.46. The summed E-state index contributed by atoms with van der Waals surface area (Å²) >= 11 is 4.69. The zero-order valence-electron chi connectivity index (χ0n) is 13.8. The summed E-state index contributed by atoms with van der Waals surface area (Å²) in [5.41, 5.74) is 7.57. The Bertz CT molecular complexity index is 861. The Morgan fingerprint density at radius 2 is 1.92 bits per heavy atom. The first-order valence-electron chi connectivity index (χ1n) is 8.08. The van der Waals surface area contributed by atoms with Gasteiger partial charge in [0.25, 0.3) is 11.8 Å². The van der Waals surface area contributed by atoms with Crippen molar-refractivity contribution in [2.45, 2.75) is 25.7 Å². The van der Waals surface area contributed by atoms with Gasteiger partial charge in [-0.1, -0.05) is 28.1 Å². The quantitative estimate of drug-likeness (QED) is 0.679. The summed E-state index contributed by atoms with van der Waals surface area (Å²) in [5.74, 6) is -1.53. The molecule has 8 heteroatoms. The zero-order chi connectivity index (χ0) is 18.7. The molecule has 0 fully saturated rings. The Labute approximate surface area is 162 Å². The Hall–Kier alpha value is -2.19. The second-order valence-electron chi connectivity index (χ2n) is 5.94. The topological polar surface area (TPSA) is 98.5 Å². The molecule has 136 valence electrons. The van der Waals surface area contributed by atoms with Gasteiger partial charge in [-0.3, -0.25) is 14.4 Å². The van der Waals surface area contributed by atoms with Crippen LogP contribution in [-0.2, 0) is 33.6 Å². The van der Waals surface area contributed by atoms with Crippen molar-refractivity contribution in [1.82, 2.24) is 0 Å². The standard InChI is InChI=1S/C18H17BrN2O4S/c19-11-6-4-10(5-7-11)8-15(23)25-9-14(22)21-18-16(17(20)24)12-2-1-3-13(12)26-18/h4-7H,1-3,8-9H2,(H2,20,24)(H,21,22). The average Bonchev–Trinajstić information content (AvgIpc) is 3.15. The molecule has 26 heavy (non-hydrogen) atoms. The number of thiophene rings is 1. The van der Waals surface area contributed by atoms with E-state index in [9.17, 15) is 14.4 Å².